The van der Waals surface area contributed by atoms with Gasteiger partial charge in [0.05, 0.1) is 5.56 Å². The van der Waals surface area contributed by atoms with Crippen LogP contribution in [0, 0.1) is 5.92 Å². The molecule has 2 aromatic carbocycles. The van der Waals surface area contributed by atoms with Crippen molar-refractivity contribution in [2.45, 2.75) is 25.7 Å². The summed E-state index contributed by atoms with van der Waals surface area (Å²) in [6, 6.07) is 19.4. The smallest absolute Gasteiger partial charge is 0.255 e. The number of hydrogen-bond donors (Lipinski definition) is 2. The lowest BCUT2D eigenvalue weighted by Gasteiger charge is -2.32. The number of halogens is 1. The van der Waals surface area contributed by atoms with Crippen LogP contribution in [-0.4, -0.2) is 47.9 Å². The van der Waals surface area contributed by atoms with Crippen molar-refractivity contribution in [1.29, 1.82) is 0 Å². The fourth-order valence-electron chi connectivity index (χ4n) is 4.36. The molecule has 0 radical (unpaired) electrons. The predicted molar refractivity (Wildman–Crippen MR) is 140 cm³/mol. The van der Waals surface area contributed by atoms with E-state index in [1.807, 2.05) is 65.6 Å². The van der Waals surface area contributed by atoms with Crippen molar-refractivity contribution >= 4 is 29.1 Å². The van der Waals surface area contributed by atoms with Gasteiger partial charge >= 0.3 is 0 Å². The van der Waals surface area contributed by atoms with Gasteiger partial charge < -0.3 is 15.5 Å². The number of amides is 2. The number of benzene rings is 2. The molecule has 2 amide bonds. The van der Waals surface area contributed by atoms with E-state index in [0.717, 1.165) is 29.1 Å². The first-order chi connectivity index (χ1) is 17.1. The van der Waals surface area contributed by atoms with Gasteiger partial charge in [0.25, 0.3) is 5.91 Å². The molecule has 1 aromatic heterocycles. The number of carbonyl (C=O) groups is 2. The van der Waals surface area contributed by atoms with Crippen LogP contribution in [0.15, 0.2) is 73.1 Å². The average molecular weight is 491 g/mol. The highest BCUT2D eigenvalue weighted by molar-refractivity contribution is 6.30. The summed E-state index contributed by atoms with van der Waals surface area (Å²) in [5.74, 6) is 0.0378. The first-order valence-electron chi connectivity index (χ1n) is 12.1. The third kappa shape index (κ3) is 7.06. The van der Waals surface area contributed by atoms with Gasteiger partial charge in [-0.25, -0.2) is 0 Å². The Morgan fingerprint density at radius 2 is 1.54 bits per heavy atom. The van der Waals surface area contributed by atoms with Gasteiger partial charge in [-0.1, -0.05) is 35.9 Å². The Balaban J connectivity index is 1.25. The SMILES string of the molecule is O=C(NCCc1ccncc1)C1CCN(C(=O)c2ccccc2NCCc2ccc(Cl)cc2)CC1. The highest BCUT2D eigenvalue weighted by atomic mass is 35.5. The zero-order chi connectivity index (χ0) is 24.5. The molecule has 0 saturated carbocycles. The Morgan fingerprint density at radius 3 is 2.29 bits per heavy atom. The summed E-state index contributed by atoms with van der Waals surface area (Å²) in [6.45, 7) is 2.49. The van der Waals surface area contributed by atoms with Crippen molar-refractivity contribution in [3.05, 3.63) is 94.8 Å². The highest BCUT2D eigenvalue weighted by Gasteiger charge is 2.28. The number of carbonyl (C=O) groups excluding carboxylic acids is 2. The molecule has 0 spiro atoms. The molecule has 1 aliphatic heterocycles. The molecule has 1 aliphatic rings. The summed E-state index contributed by atoms with van der Waals surface area (Å²) in [5, 5.41) is 7.18. The van der Waals surface area contributed by atoms with Crippen LogP contribution in [0.25, 0.3) is 0 Å². The number of para-hydroxylation sites is 1. The van der Waals surface area contributed by atoms with Crippen LogP contribution in [-0.2, 0) is 17.6 Å². The van der Waals surface area contributed by atoms with Crippen molar-refractivity contribution in [1.82, 2.24) is 15.2 Å². The number of aromatic nitrogens is 1. The maximum Gasteiger partial charge on any atom is 0.255 e. The van der Waals surface area contributed by atoms with Gasteiger partial charge in [-0.05, 0) is 73.2 Å². The second-order valence-corrected chi connectivity index (χ2v) is 9.25. The lowest BCUT2D eigenvalue weighted by atomic mass is 9.95. The largest absolute Gasteiger partial charge is 0.384 e. The van der Waals surface area contributed by atoms with Crippen LogP contribution in [0.3, 0.4) is 0 Å². The molecule has 2 N–H and O–H groups in total. The van der Waals surface area contributed by atoms with E-state index < -0.39 is 0 Å². The molecule has 35 heavy (non-hydrogen) atoms. The van der Waals surface area contributed by atoms with Gasteiger partial charge in [-0.2, -0.15) is 0 Å². The normalized spacial score (nSPS) is 13.9. The van der Waals surface area contributed by atoms with Crippen LogP contribution in [0.2, 0.25) is 5.02 Å². The molecule has 3 aromatic rings. The van der Waals surface area contributed by atoms with Crippen LogP contribution in [0.5, 0.6) is 0 Å². The van der Waals surface area contributed by atoms with Crippen LogP contribution in [0.4, 0.5) is 5.69 Å². The van der Waals surface area contributed by atoms with Gasteiger partial charge in [0.2, 0.25) is 5.91 Å². The summed E-state index contributed by atoms with van der Waals surface area (Å²) in [5.41, 5.74) is 3.85. The second kappa shape index (κ2) is 12.4. The Morgan fingerprint density at radius 1 is 0.886 bits per heavy atom. The molecule has 6 nitrogen and oxygen atoms in total. The van der Waals surface area contributed by atoms with E-state index >= 15 is 0 Å². The number of anilines is 1. The number of nitrogens with zero attached hydrogens (tertiary/aromatic N) is 2. The van der Waals surface area contributed by atoms with Crippen LogP contribution in [0.1, 0.15) is 34.3 Å². The predicted octanol–water partition coefficient (Wildman–Crippen LogP) is 4.60. The summed E-state index contributed by atoms with van der Waals surface area (Å²) in [6.07, 6.45) is 6.50. The van der Waals surface area contributed by atoms with Crippen LogP contribution >= 0.6 is 11.6 Å². The maximum atomic E-state index is 13.3. The molecule has 182 valence electrons. The Kier molecular flexibility index (Phi) is 8.74. The third-order valence-corrected chi connectivity index (χ3v) is 6.67. The summed E-state index contributed by atoms with van der Waals surface area (Å²) in [4.78, 5) is 31.7. The molecule has 0 unspecified atom stereocenters. The molecule has 4 rings (SSSR count). The topological polar surface area (TPSA) is 74.3 Å². The molecule has 0 aliphatic carbocycles. The number of pyridine rings is 1. The molecular weight excluding hydrogens is 460 g/mol. The van der Waals surface area contributed by atoms with Crippen LogP contribution < -0.4 is 10.6 Å². The Labute approximate surface area is 211 Å². The maximum absolute atomic E-state index is 13.3. The Hall–Kier alpha value is -3.38. The molecule has 1 saturated heterocycles. The number of rotatable bonds is 9. The van der Waals surface area contributed by atoms with Gasteiger partial charge in [0.15, 0.2) is 0 Å². The summed E-state index contributed by atoms with van der Waals surface area (Å²) >= 11 is 5.96. The van der Waals surface area contributed by atoms with E-state index in [-0.39, 0.29) is 17.7 Å². The molecule has 7 heteroatoms. The molecule has 0 bridgehead atoms. The number of hydrogen-bond acceptors (Lipinski definition) is 4. The standard InChI is InChI=1S/C28H31ClN4O2/c29-24-7-5-21(6-8-24)11-17-31-26-4-2-1-3-25(26)28(35)33-19-13-23(14-20-33)27(34)32-18-12-22-9-15-30-16-10-22/h1-10,15-16,23,31H,11-14,17-20H2,(H,32,34). The van der Waals surface area contributed by atoms with Crippen molar-refractivity contribution in [3.63, 3.8) is 0 Å². The van der Waals surface area contributed by atoms with Gasteiger partial charge in [-0.15, -0.1) is 0 Å². The zero-order valence-corrected chi connectivity index (χ0v) is 20.5. The molecule has 0 atom stereocenters. The lowest BCUT2D eigenvalue weighted by Crippen LogP contribution is -2.43. The fraction of sp³-hybridized carbons (Fsp3) is 0.321. The summed E-state index contributed by atoms with van der Waals surface area (Å²) < 4.78 is 0. The first-order valence-corrected chi connectivity index (χ1v) is 12.5. The second-order valence-electron chi connectivity index (χ2n) is 8.81. The molecule has 2 heterocycles. The van der Waals surface area contributed by atoms with E-state index in [9.17, 15) is 9.59 Å². The highest BCUT2D eigenvalue weighted by Crippen LogP contribution is 2.23. The van der Waals surface area contributed by atoms with E-state index in [2.05, 4.69) is 15.6 Å². The number of likely N-dealkylation sites (tertiary alicyclic amines) is 1. The fourth-order valence-corrected chi connectivity index (χ4v) is 4.48. The van der Waals surface area contributed by atoms with Gasteiger partial charge in [0.1, 0.15) is 0 Å². The van der Waals surface area contributed by atoms with Crippen molar-refractivity contribution in [2.75, 3.05) is 31.5 Å². The first kappa shape index (κ1) is 24.7. The van der Waals surface area contributed by atoms with E-state index in [1.165, 1.54) is 5.56 Å². The number of nitrogens with one attached hydrogen (secondary N) is 2. The molecular formula is C28H31ClN4O2. The minimum Gasteiger partial charge on any atom is -0.384 e. The van der Waals surface area contributed by atoms with Gasteiger partial charge in [-0.3, -0.25) is 14.6 Å². The summed E-state index contributed by atoms with van der Waals surface area (Å²) in [7, 11) is 0. The monoisotopic (exact) mass is 490 g/mol. The number of piperidine rings is 1. The van der Waals surface area contributed by atoms with Crippen molar-refractivity contribution < 1.29 is 9.59 Å². The lowest BCUT2D eigenvalue weighted by molar-refractivity contribution is -0.126. The van der Waals surface area contributed by atoms with E-state index in [0.29, 0.717) is 44.6 Å². The van der Waals surface area contributed by atoms with E-state index in [1.54, 1.807) is 12.4 Å². The third-order valence-electron chi connectivity index (χ3n) is 6.42. The minimum atomic E-state index is -0.0516. The zero-order valence-electron chi connectivity index (χ0n) is 19.8. The quantitative estimate of drug-likeness (QED) is 0.459. The Bertz CT molecular complexity index is 1110. The van der Waals surface area contributed by atoms with Crippen molar-refractivity contribution in [2.24, 2.45) is 5.92 Å². The van der Waals surface area contributed by atoms with Crippen molar-refractivity contribution in [3.8, 4) is 0 Å². The van der Waals surface area contributed by atoms with E-state index in [4.69, 9.17) is 11.6 Å². The molecule has 1 fully saturated rings. The minimum absolute atomic E-state index is 0.0103. The average Bonchev–Trinajstić information content (AvgIpc) is 2.90. The van der Waals surface area contributed by atoms with Gasteiger partial charge in [0, 0.05) is 55.2 Å².